The fourth-order valence-electron chi connectivity index (χ4n) is 5.13. The summed E-state index contributed by atoms with van der Waals surface area (Å²) in [4.78, 5) is 15.3. The summed E-state index contributed by atoms with van der Waals surface area (Å²) >= 11 is 6.25. The highest BCUT2D eigenvalue weighted by molar-refractivity contribution is 6.30. The van der Waals surface area contributed by atoms with E-state index in [1.165, 1.54) is 22.2 Å². The molecular formula is C29H32ClN3O2. The molecule has 2 aromatic carbocycles. The van der Waals surface area contributed by atoms with Gasteiger partial charge in [-0.2, -0.15) is 0 Å². The lowest BCUT2D eigenvalue weighted by Gasteiger charge is -2.32. The molecular weight excluding hydrogens is 458 g/mol. The van der Waals surface area contributed by atoms with E-state index in [1.54, 1.807) is 6.26 Å². The summed E-state index contributed by atoms with van der Waals surface area (Å²) in [5.74, 6) is 1.14. The zero-order chi connectivity index (χ0) is 24.2. The standard InChI is InChI=1S/C29H32ClN3O2/c1-21(16-27-9-5-15-35-27)31-29(34)23-11-13-32(14-12-23)20-26-18-24-7-2-3-10-28(24)33(26)19-22-6-4-8-25(30)17-22/h2-10,15,17-18,21,23H,11-14,16,19-20H2,1H3,(H,31,34)/t21-/m1/s1. The molecule has 0 aliphatic carbocycles. The fourth-order valence-corrected chi connectivity index (χ4v) is 5.34. The minimum Gasteiger partial charge on any atom is -0.469 e. The van der Waals surface area contributed by atoms with Crippen LogP contribution in [0.2, 0.25) is 5.02 Å². The van der Waals surface area contributed by atoms with Gasteiger partial charge in [-0.05, 0) is 80.2 Å². The SMILES string of the molecule is C[C@H](Cc1ccco1)NC(=O)C1CCN(Cc2cc3ccccc3n2Cc2cccc(Cl)c2)CC1. The van der Waals surface area contributed by atoms with Gasteiger partial charge in [-0.25, -0.2) is 0 Å². The van der Waals surface area contributed by atoms with E-state index in [9.17, 15) is 4.79 Å². The summed E-state index contributed by atoms with van der Waals surface area (Å²) in [6.45, 7) is 5.54. The second-order valence-electron chi connectivity index (χ2n) is 9.65. The second kappa shape index (κ2) is 10.7. The van der Waals surface area contributed by atoms with Gasteiger partial charge in [-0.3, -0.25) is 9.69 Å². The summed E-state index contributed by atoms with van der Waals surface area (Å²) in [6.07, 6.45) is 4.16. The second-order valence-corrected chi connectivity index (χ2v) is 10.1. The van der Waals surface area contributed by atoms with Crippen molar-refractivity contribution in [2.75, 3.05) is 13.1 Å². The van der Waals surface area contributed by atoms with Crippen molar-refractivity contribution in [2.24, 2.45) is 5.92 Å². The average Bonchev–Trinajstić information content (AvgIpc) is 3.47. The van der Waals surface area contributed by atoms with Crippen molar-refractivity contribution in [2.45, 2.75) is 45.3 Å². The quantitative estimate of drug-likeness (QED) is 0.335. The fraction of sp³-hybridized carbons (Fsp3) is 0.345. The van der Waals surface area contributed by atoms with Crippen molar-refractivity contribution in [3.8, 4) is 0 Å². The lowest BCUT2D eigenvalue weighted by Crippen LogP contribution is -2.43. The number of rotatable bonds is 8. The molecule has 35 heavy (non-hydrogen) atoms. The predicted molar refractivity (Wildman–Crippen MR) is 141 cm³/mol. The molecule has 0 spiro atoms. The molecule has 0 saturated carbocycles. The molecule has 4 aromatic rings. The third kappa shape index (κ3) is 5.80. The molecule has 1 saturated heterocycles. The van der Waals surface area contributed by atoms with Crippen LogP contribution in [0.4, 0.5) is 0 Å². The van der Waals surface area contributed by atoms with Crippen molar-refractivity contribution in [3.05, 3.63) is 95.0 Å². The Morgan fingerprint density at radius 2 is 1.89 bits per heavy atom. The van der Waals surface area contributed by atoms with Gasteiger partial charge in [0.1, 0.15) is 5.76 Å². The van der Waals surface area contributed by atoms with E-state index in [-0.39, 0.29) is 17.9 Å². The molecule has 2 aromatic heterocycles. The maximum atomic E-state index is 12.8. The normalized spacial score (nSPS) is 15.9. The predicted octanol–water partition coefficient (Wildman–Crippen LogP) is 5.90. The molecule has 1 amide bonds. The molecule has 1 atom stereocenters. The number of carbonyl (C=O) groups excluding carboxylic acids is 1. The molecule has 5 nitrogen and oxygen atoms in total. The van der Waals surface area contributed by atoms with Crippen LogP contribution in [0, 0.1) is 5.92 Å². The van der Waals surface area contributed by atoms with Gasteiger partial charge in [0, 0.05) is 47.7 Å². The Balaban J connectivity index is 1.21. The van der Waals surface area contributed by atoms with E-state index in [0.717, 1.165) is 56.2 Å². The maximum Gasteiger partial charge on any atom is 0.223 e. The number of halogens is 1. The first-order valence-electron chi connectivity index (χ1n) is 12.4. The van der Waals surface area contributed by atoms with Crippen LogP contribution in [0.15, 0.2) is 77.4 Å². The number of benzene rings is 2. The summed E-state index contributed by atoms with van der Waals surface area (Å²) in [7, 11) is 0. The van der Waals surface area contributed by atoms with Crippen LogP contribution in [0.5, 0.6) is 0 Å². The molecule has 6 heteroatoms. The number of nitrogens with zero attached hydrogens (tertiary/aromatic N) is 2. The minimum absolute atomic E-state index is 0.0638. The number of furan rings is 1. The average molecular weight is 490 g/mol. The van der Waals surface area contributed by atoms with Crippen molar-refractivity contribution in [3.63, 3.8) is 0 Å². The molecule has 5 rings (SSSR count). The molecule has 1 aliphatic heterocycles. The van der Waals surface area contributed by atoms with Crippen molar-refractivity contribution < 1.29 is 9.21 Å². The van der Waals surface area contributed by atoms with E-state index in [0.29, 0.717) is 0 Å². The zero-order valence-electron chi connectivity index (χ0n) is 20.1. The maximum absolute atomic E-state index is 12.8. The van der Waals surface area contributed by atoms with Crippen LogP contribution < -0.4 is 5.32 Å². The number of hydrogen-bond acceptors (Lipinski definition) is 3. The summed E-state index contributed by atoms with van der Waals surface area (Å²) in [5, 5.41) is 5.20. The van der Waals surface area contributed by atoms with E-state index in [4.69, 9.17) is 16.0 Å². The van der Waals surface area contributed by atoms with E-state index < -0.39 is 0 Å². The Morgan fingerprint density at radius 3 is 2.66 bits per heavy atom. The molecule has 1 aliphatic rings. The largest absolute Gasteiger partial charge is 0.469 e. The molecule has 3 heterocycles. The van der Waals surface area contributed by atoms with Gasteiger partial charge < -0.3 is 14.3 Å². The van der Waals surface area contributed by atoms with Crippen LogP contribution in [-0.2, 0) is 24.3 Å². The van der Waals surface area contributed by atoms with Crippen LogP contribution in [-0.4, -0.2) is 34.5 Å². The number of piperidine rings is 1. The van der Waals surface area contributed by atoms with Crippen LogP contribution in [0.1, 0.15) is 36.8 Å². The van der Waals surface area contributed by atoms with E-state index >= 15 is 0 Å². The number of amides is 1. The molecule has 1 fully saturated rings. The number of hydrogen-bond donors (Lipinski definition) is 1. The topological polar surface area (TPSA) is 50.4 Å². The third-order valence-corrected chi connectivity index (χ3v) is 7.18. The molecule has 182 valence electrons. The lowest BCUT2D eigenvalue weighted by atomic mass is 9.95. The van der Waals surface area contributed by atoms with Gasteiger partial charge in [0.25, 0.3) is 0 Å². The van der Waals surface area contributed by atoms with Crippen LogP contribution in [0.25, 0.3) is 10.9 Å². The van der Waals surface area contributed by atoms with Crippen molar-refractivity contribution >= 4 is 28.4 Å². The number of carbonyl (C=O) groups is 1. The Labute approximate surface area is 211 Å². The van der Waals surface area contributed by atoms with Gasteiger partial charge in [0.05, 0.1) is 6.26 Å². The number of nitrogens with one attached hydrogen (secondary N) is 1. The van der Waals surface area contributed by atoms with Crippen LogP contribution >= 0.6 is 11.6 Å². The number of para-hydroxylation sites is 1. The van der Waals surface area contributed by atoms with Gasteiger partial charge in [-0.15, -0.1) is 0 Å². The highest BCUT2D eigenvalue weighted by atomic mass is 35.5. The van der Waals surface area contributed by atoms with Gasteiger partial charge in [-0.1, -0.05) is 41.9 Å². The molecule has 0 bridgehead atoms. The van der Waals surface area contributed by atoms with Crippen molar-refractivity contribution in [1.29, 1.82) is 0 Å². The molecule has 0 radical (unpaired) electrons. The first-order chi connectivity index (χ1) is 17.0. The Morgan fingerprint density at radius 1 is 1.06 bits per heavy atom. The van der Waals surface area contributed by atoms with Gasteiger partial charge >= 0.3 is 0 Å². The van der Waals surface area contributed by atoms with Gasteiger partial charge in [0.2, 0.25) is 5.91 Å². The third-order valence-electron chi connectivity index (χ3n) is 6.95. The summed E-state index contributed by atoms with van der Waals surface area (Å²) in [5.41, 5.74) is 3.72. The molecule has 0 unspecified atom stereocenters. The number of fused-ring (bicyclic) bond motifs is 1. The highest BCUT2D eigenvalue weighted by Crippen LogP contribution is 2.25. The van der Waals surface area contributed by atoms with Gasteiger partial charge in [0.15, 0.2) is 0 Å². The highest BCUT2D eigenvalue weighted by Gasteiger charge is 2.26. The number of aromatic nitrogens is 1. The van der Waals surface area contributed by atoms with Crippen molar-refractivity contribution in [1.82, 2.24) is 14.8 Å². The van der Waals surface area contributed by atoms with E-state index in [2.05, 4.69) is 51.2 Å². The Hall–Kier alpha value is -3.02. The Bertz CT molecular complexity index is 1270. The minimum atomic E-state index is 0.0638. The first kappa shape index (κ1) is 23.7. The van der Waals surface area contributed by atoms with Crippen LogP contribution in [0.3, 0.4) is 0 Å². The summed E-state index contributed by atoms with van der Waals surface area (Å²) in [6, 6.07) is 22.8. The zero-order valence-corrected chi connectivity index (χ0v) is 20.9. The monoisotopic (exact) mass is 489 g/mol. The summed E-state index contributed by atoms with van der Waals surface area (Å²) < 4.78 is 7.81. The molecule has 1 N–H and O–H groups in total. The first-order valence-corrected chi connectivity index (χ1v) is 12.8. The van der Waals surface area contributed by atoms with E-state index in [1.807, 2.05) is 37.3 Å². The lowest BCUT2D eigenvalue weighted by molar-refractivity contribution is -0.127. The smallest absolute Gasteiger partial charge is 0.223 e. The number of likely N-dealkylation sites (tertiary alicyclic amines) is 1. The Kier molecular flexibility index (Phi) is 7.26.